The van der Waals surface area contributed by atoms with Crippen molar-refractivity contribution in [2.24, 2.45) is 0 Å². The van der Waals surface area contributed by atoms with Gasteiger partial charge in [0.2, 0.25) is 0 Å². The van der Waals surface area contributed by atoms with Crippen molar-refractivity contribution < 1.29 is 4.74 Å². The summed E-state index contributed by atoms with van der Waals surface area (Å²) in [4.78, 5) is 0. The topological polar surface area (TPSA) is 9.23 Å². The minimum atomic E-state index is -1.52. The summed E-state index contributed by atoms with van der Waals surface area (Å²) in [5.41, 5.74) is 3.01. The van der Waals surface area contributed by atoms with Crippen LogP contribution >= 0.6 is 45.9 Å². The van der Waals surface area contributed by atoms with E-state index in [1.807, 2.05) is 0 Å². The summed E-state index contributed by atoms with van der Waals surface area (Å²) >= 11 is 11.1. The Morgan fingerprint density at radius 3 is 2.46 bits per heavy atom. The van der Waals surface area contributed by atoms with E-state index in [9.17, 15) is 0 Å². The molecule has 0 bridgehead atoms. The van der Waals surface area contributed by atoms with Gasteiger partial charge < -0.3 is 4.74 Å². The first-order valence-electron chi connectivity index (χ1n) is 10.3. The molecule has 0 saturated heterocycles. The van der Waals surface area contributed by atoms with Crippen molar-refractivity contribution in [3.8, 4) is 5.75 Å². The minimum absolute atomic E-state index is 0.690. The number of hydrogen-bond acceptors (Lipinski definition) is 1. The fourth-order valence-corrected chi connectivity index (χ4v) is 7.16. The van der Waals surface area contributed by atoms with Gasteiger partial charge >= 0.3 is 0 Å². The second kappa shape index (κ2) is 11.6. The Labute approximate surface area is 184 Å². The third-order valence-corrected chi connectivity index (χ3v) is 10.0. The second-order valence-corrected chi connectivity index (χ2v) is 31.1. The van der Waals surface area contributed by atoms with Gasteiger partial charge in [-0.25, -0.2) is 0 Å². The van der Waals surface area contributed by atoms with E-state index >= 15 is 0 Å². The monoisotopic (exact) mass is 566 g/mol. The minimum Gasteiger partial charge on any atom is -0.493 e. The molecule has 1 nitrogen and oxygen atoms in total. The summed E-state index contributed by atoms with van der Waals surface area (Å²) in [6.45, 7) is 5.41. The van der Waals surface area contributed by atoms with Crippen LogP contribution in [0.15, 0.2) is 18.2 Å². The molecule has 1 unspecified atom stereocenters. The number of rotatable bonds is 10. The third kappa shape index (κ3) is 7.60. The Kier molecular flexibility index (Phi) is 10.3. The van der Waals surface area contributed by atoms with Gasteiger partial charge in [-0.2, -0.15) is 0 Å². The van der Waals surface area contributed by atoms with E-state index in [1.54, 1.807) is 0 Å². The van der Waals surface area contributed by atoms with Gasteiger partial charge in [-0.1, -0.05) is 97.5 Å². The molecular weight excluding hydrogens is 536 g/mol. The largest absolute Gasteiger partial charge is 0.493 e. The highest BCUT2D eigenvalue weighted by molar-refractivity contribution is 9.72. The molecule has 148 valence electrons. The summed E-state index contributed by atoms with van der Waals surface area (Å²) in [6.07, 6.45) is 11.6. The molecule has 0 aromatic heterocycles. The third-order valence-electron chi connectivity index (χ3n) is 5.54. The van der Waals surface area contributed by atoms with Crippen LogP contribution in [0.1, 0.15) is 94.6 Å². The number of benzene rings is 1. The zero-order valence-corrected chi connectivity index (χ0v) is 22.0. The lowest BCUT2D eigenvalue weighted by atomic mass is 9.81. The van der Waals surface area contributed by atoms with E-state index in [2.05, 4.69) is 77.9 Å². The van der Waals surface area contributed by atoms with Crippen LogP contribution in [-0.4, -0.2) is 10.5 Å². The van der Waals surface area contributed by atoms with Gasteiger partial charge in [0.1, 0.15) is 5.75 Å². The fraction of sp³-hybridized carbons (Fsp3) is 0.714. The van der Waals surface area contributed by atoms with Crippen molar-refractivity contribution in [2.75, 3.05) is 6.61 Å². The molecule has 1 aliphatic carbocycles. The van der Waals surface area contributed by atoms with E-state index < -0.39 is 3.93 Å². The first-order valence-corrected chi connectivity index (χ1v) is 19.3. The predicted molar refractivity (Wildman–Crippen MR) is 128 cm³/mol. The van der Waals surface area contributed by atoms with Crippen molar-refractivity contribution >= 4 is 49.8 Å². The molecule has 1 atom stereocenters. The standard InChI is InChI=1S/C21H33Br3OSi/c1-3-9-17(4-2)19-12-13-21(25-14-8-15-26(22,23)24)20(16-19)18-10-6-5-7-11-18/h12-13,16-18H,3-11,14-15H2,1-2H3. The number of halogens is 3. The molecule has 0 aliphatic heterocycles. The van der Waals surface area contributed by atoms with E-state index in [4.69, 9.17) is 4.74 Å². The molecule has 0 spiro atoms. The van der Waals surface area contributed by atoms with Gasteiger partial charge in [-0.15, -0.1) is 0 Å². The smallest absolute Gasteiger partial charge is 0.267 e. The normalized spacial score (nSPS) is 17.3. The fourth-order valence-electron chi connectivity index (χ4n) is 4.09. The van der Waals surface area contributed by atoms with E-state index in [1.165, 1.54) is 62.5 Å². The van der Waals surface area contributed by atoms with Crippen molar-refractivity contribution in [3.05, 3.63) is 29.3 Å². The Bertz CT molecular complexity index is 539. The highest BCUT2D eigenvalue weighted by atomic mass is 80.0. The highest BCUT2D eigenvalue weighted by Crippen LogP contribution is 2.40. The molecule has 26 heavy (non-hydrogen) atoms. The van der Waals surface area contributed by atoms with Crippen LogP contribution in [0.2, 0.25) is 6.04 Å². The molecule has 2 rings (SSSR count). The van der Waals surface area contributed by atoms with Gasteiger partial charge in [-0.3, -0.25) is 0 Å². The van der Waals surface area contributed by atoms with Crippen LogP contribution in [0.4, 0.5) is 0 Å². The first kappa shape index (κ1) is 23.0. The van der Waals surface area contributed by atoms with Crippen LogP contribution in [0.5, 0.6) is 5.75 Å². The van der Waals surface area contributed by atoms with Gasteiger partial charge in [0.25, 0.3) is 3.93 Å². The summed E-state index contributed by atoms with van der Waals surface area (Å²) in [6, 6.07) is 8.19. The van der Waals surface area contributed by atoms with Crippen LogP contribution in [0, 0.1) is 0 Å². The van der Waals surface area contributed by atoms with Gasteiger partial charge in [-0.05, 0) is 67.2 Å². The maximum absolute atomic E-state index is 6.27. The van der Waals surface area contributed by atoms with Crippen molar-refractivity contribution in [1.82, 2.24) is 0 Å². The van der Waals surface area contributed by atoms with Crippen molar-refractivity contribution in [1.29, 1.82) is 0 Å². The lowest BCUT2D eigenvalue weighted by Gasteiger charge is -2.26. The van der Waals surface area contributed by atoms with E-state index in [0.717, 1.165) is 24.8 Å². The molecule has 1 aliphatic rings. The Balaban J connectivity index is 2.14. The van der Waals surface area contributed by atoms with Crippen LogP contribution in [-0.2, 0) is 0 Å². The Morgan fingerprint density at radius 1 is 1.12 bits per heavy atom. The maximum atomic E-state index is 6.27. The number of ether oxygens (including phenoxy) is 1. The molecule has 0 amide bonds. The second-order valence-electron chi connectivity index (χ2n) is 7.59. The van der Waals surface area contributed by atoms with Crippen LogP contribution < -0.4 is 4.74 Å². The average Bonchev–Trinajstić information content (AvgIpc) is 2.63. The summed E-state index contributed by atoms with van der Waals surface area (Å²) in [7, 11) is 0. The lowest BCUT2D eigenvalue weighted by molar-refractivity contribution is 0.307. The first-order chi connectivity index (χ1) is 12.4. The highest BCUT2D eigenvalue weighted by Gasteiger charge is 2.23. The molecule has 1 saturated carbocycles. The molecule has 1 aromatic rings. The summed E-state index contributed by atoms with van der Waals surface area (Å²) in [5, 5.41) is 0. The molecule has 1 fully saturated rings. The zero-order chi connectivity index (χ0) is 19.0. The Hall–Kier alpha value is 0.677. The molecule has 5 heteroatoms. The molecule has 0 N–H and O–H groups in total. The maximum Gasteiger partial charge on any atom is 0.267 e. The van der Waals surface area contributed by atoms with Crippen LogP contribution in [0.25, 0.3) is 0 Å². The summed E-state index contributed by atoms with van der Waals surface area (Å²) in [5.74, 6) is 2.52. The quantitative estimate of drug-likeness (QED) is 0.155. The van der Waals surface area contributed by atoms with Crippen LogP contribution in [0.3, 0.4) is 0 Å². The predicted octanol–water partition coefficient (Wildman–Crippen LogP) is 8.92. The Morgan fingerprint density at radius 2 is 1.85 bits per heavy atom. The molecule has 0 radical (unpaired) electrons. The molecule has 0 heterocycles. The zero-order valence-electron chi connectivity index (χ0n) is 16.2. The van der Waals surface area contributed by atoms with Crippen molar-refractivity contribution in [2.45, 2.75) is 89.5 Å². The number of hydrogen-bond donors (Lipinski definition) is 0. The lowest BCUT2D eigenvalue weighted by Crippen LogP contribution is -2.11. The molecule has 1 aromatic carbocycles. The van der Waals surface area contributed by atoms with E-state index in [-0.39, 0.29) is 0 Å². The van der Waals surface area contributed by atoms with Gasteiger partial charge in [0, 0.05) is 0 Å². The van der Waals surface area contributed by atoms with Gasteiger partial charge in [0.05, 0.1) is 6.61 Å². The van der Waals surface area contributed by atoms with Gasteiger partial charge in [0.15, 0.2) is 0 Å². The molecular formula is C21H33Br3OSi. The average molecular weight is 569 g/mol. The van der Waals surface area contributed by atoms with E-state index in [0.29, 0.717) is 11.8 Å². The SMILES string of the molecule is CCCC(CC)c1ccc(OCCC[Si](Br)(Br)Br)c(C2CCCCC2)c1. The van der Waals surface area contributed by atoms with Crippen molar-refractivity contribution in [3.63, 3.8) is 0 Å². The summed E-state index contributed by atoms with van der Waals surface area (Å²) < 4.78 is 4.75.